The van der Waals surface area contributed by atoms with Crippen molar-refractivity contribution in [3.05, 3.63) is 77.6 Å². The molecule has 0 aliphatic carbocycles. The van der Waals surface area contributed by atoms with Crippen molar-refractivity contribution in [3.63, 3.8) is 0 Å². The first kappa shape index (κ1) is 21.6. The van der Waals surface area contributed by atoms with E-state index in [4.69, 9.17) is 21.3 Å². The summed E-state index contributed by atoms with van der Waals surface area (Å²) in [4.78, 5) is 25.1. The molecule has 0 fully saturated rings. The number of pyridine rings is 1. The van der Waals surface area contributed by atoms with Gasteiger partial charge >= 0.3 is 0 Å². The lowest BCUT2D eigenvalue weighted by Gasteiger charge is -2.19. The number of amides is 1. The van der Waals surface area contributed by atoms with Gasteiger partial charge in [0, 0.05) is 16.1 Å². The predicted octanol–water partition coefficient (Wildman–Crippen LogP) is 6.07. The van der Waals surface area contributed by atoms with Gasteiger partial charge in [-0.25, -0.2) is 4.98 Å². The van der Waals surface area contributed by atoms with Gasteiger partial charge in [0.2, 0.25) is 5.91 Å². The molecule has 0 aliphatic heterocycles. The first-order valence-corrected chi connectivity index (χ1v) is 11.9. The molecule has 31 heavy (non-hydrogen) atoms. The Morgan fingerprint density at radius 2 is 1.97 bits per heavy atom. The molecule has 0 saturated heterocycles. The lowest BCUT2D eigenvalue weighted by atomic mass is 10.3. The third-order valence-electron chi connectivity index (χ3n) is 4.42. The summed E-state index contributed by atoms with van der Waals surface area (Å²) in [7, 11) is 0. The normalized spacial score (nSPS) is 10.9. The molecular formula is C23H20ClN3O2S2. The van der Waals surface area contributed by atoms with Gasteiger partial charge in [0.25, 0.3) is 0 Å². The average molecular weight is 470 g/mol. The molecule has 0 aliphatic rings. The van der Waals surface area contributed by atoms with Crippen molar-refractivity contribution in [2.45, 2.75) is 18.4 Å². The number of rotatable bonds is 8. The Hall–Kier alpha value is -2.61. The van der Waals surface area contributed by atoms with Crippen LogP contribution in [0.4, 0.5) is 5.13 Å². The van der Waals surface area contributed by atoms with E-state index in [2.05, 4.69) is 4.98 Å². The maximum absolute atomic E-state index is 13.3. The highest BCUT2D eigenvalue weighted by molar-refractivity contribution is 8.00. The van der Waals surface area contributed by atoms with Crippen molar-refractivity contribution in [1.29, 1.82) is 0 Å². The number of thiazole rings is 1. The summed E-state index contributed by atoms with van der Waals surface area (Å²) < 4.78 is 6.70. The van der Waals surface area contributed by atoms with Crippen molar-refractivity contribution < 1.29 is 9.53 Å². The van der Waals surface area contributed by atoms with Gasteiger partial charge in [-0.2, -0.15) is 0 Å². The van der Waals surface area contributed by atoms with E-state index in [0.717, 1.165) is 26.6 Å². The van der Waals surface area contributed by atoms with Crippen molar-refractivity contribution in [2.24, 2.45) is 0 Å². The number of nitrogens with zero attached hydrogens (tertiary/aromatic N) is 3. The largest absolute Gasteiger partial charge is 0.492 e. The lowest BCUT2D eigenvalue weighted by molar-refractivity contribution is -0.116. The van der Waals surface area contributed by atoms with Crippen LogP contribution in [-0.2, 0) is 11.3 Å². The molecule has 4 aromatic rings. The van der Waals surface area contributed by atoms with E-state index in [-0.39, 0.29) is 11.7 Å². The van der Waals surface area contributed by atoms with Crippen molar-refractivity contribution in [2.75, 3.05) is 17.3 Å². The number of aromatic nitrogens is 2. The number of ether oxygens (including phenoxy) is 1. The molecule has 0 N–H and O–H groups in total. The number of anilines is 1. The lowest BCUT2D eigenvalue weighted by Crippen LogP contribution is -2.32. The van der Waals surface area contributed by atoms with Crippen LogP contribution in [0.1, 0.15) is 12.6 Å². The molecule has 2 aromatic carbocycles. The topological polar surface area (TPSA) is 55.3 Å². The van der Waals surface area contributed by atoms with Crippen LogP contribution in [0.2, 0.25) is 5.02 Å². The molecule has 4 rings (SSSR count). The minimum Gasteiger partial charge on any atom is -0.492 e. The minimum absolute atomic E-state index is 0.0392. The second-order valence-electron chi connectivity index (χ2n) is 6.58. The molecule has 0 atom stereocenters. The highest BCUT2D eigenvalue weighted by Crippen LogP contribution is 2.35. The third-order valence-corrected chi connectivity index (χ3v) is 6.72. The van der Waals surface area contributed by atoms with E-state index >= 15 is 0 Å². The summed E-state index contributed by atoms with van der Waals surface area (Å²) >= 11 is 8.91. The van der Waals surface area contributed by atoms with E-state index in [9.17, 15) is 4.79 Å². The number of halogens is 1. The van der Waals surface area contributed by atoms with Crippen molar-refractivity contribution >= 4 is 56.0 Å². The third kappa shape index (κ3) is 5.36. The molecule has 158 valence electrons. The Labute approximate surface area is 194 Å². The van der Waals surface area contributed by atoms with Crippen molar-refractivity contribution in [1.82, 2.24) is 9.97 Å². The molecule has 8 heteroatoms. The first-order valence-electron chi connectivity index (χ1n) is 9.75. The number of para-hydroxylation sites is 1. The Morgan fingerprint density at radius 1 is 1.13 bits per heavy atom. The average Bonchev–Trinajstić information content (AvgIpc) is 3.23. The summed E-state index contributed by atoms with van der Waals surface area (Å²) in [5.41, 5.74) is 1.57. The number of benzene rings is 2. The Morgan fingerprint density at radius 3 is 2.71 bits per heavy atom. The molecule has 0 unspecified atom stereocenters. The van der Waals surface area contributed by atoms with Gasteiger partial charge in [-0.3, -0.25) is 14.7 Å². The molecule has 2 heterocycles. The SMILES string of the molecule is CCOc1cccc2sc(N(Cc3ccccn3)C(=O)CSc3ccc(Cl)cc3)nc12. The molecule has 0 spiro atoms. The van der Waals surface area contributed by atoms with Gasteiger partial charge in [-0.15, -0.1) is 11.8 Å². The summed E-state index contributed by atoms with van der Waals surface area (Å²) in [5, 5.41) is 1.31. The van der Waals surface area contributed by atoms with Crippen LogP contribution in [-0.4, -0.2) is 28.2 Å². The maximum Gasteiger partial charge on any atom is 0.239 e. The van der Waals surface area contributed by atoms with Crippen LogP contribution in [0.15, 0.2) is 71.8 Å². The van der Waals surface area contributed by atoms with Crippen LogP contribution in [0.3, 0.4) is 0 Å². The standard InChI is InChI=1S/C23H20ClN3O2S2/c1-2-29-19-7-5-8-20-22(19)26-23(31-20)27(14-17-6-3-4-13-25-17)21(28)15-30-18-11-9-16(24)10-12-18/h3-13H,2,14-15H2,1H3. The number of carbonyl (C=O) groups is 1. The summed E-state index contributed by atoms with van der Waals surface area (Å²) in [6.45, 7) is 2.85. The van der Waals surface area contributed by atoms with Gasteiger partial charge < -0.3 is 4.74 Å². The molecular weight excluding hydrogens is 450 g/mol. The highest BCUT2D eigenvalue weighted by atomic mass is 35.5. The second-order valence-corrected chi connectivity index (χ2v) is 9.07. The Balaban J connectivity index is 1.62. The van der Waals surface area contributed by atoms with Crippen LogP contribution >= 0.6 is 34.7 Å². The fourth-order valence-corrected chi connectivity index (χ4v) is 4.87. The van der Waals surface area contributed by atoms with E-state index < -0.39 is 0 Å². The van der Waals surface area contributed by atoms with E-state index in [1.54, 1.807) is 11.1 Å². The summed E-state index contributed by atoms with van der Waals surface area (Å²) in [6.07, 6.45) is 1.73. The van der Waals surface area contributed by atoms with Gasteiger partial charge in [0.15, 0.2) is 5.13 Å². The quantitative estimate of drug-likeness (QED) is 0.293. The van der Waals surface area contributed by atoms with Gasteiger partial charge in [0.1, 0.15) is 11.3 Å². The number of carbonyl (C=O) groups excluding carboxylic acids is 1. The molecule has 5 nitrogen and oxygen atoms in total. The Bertz CT molecular complexity index is 1170. The molecule has 2 aromatic heterocycles. The molecule has 0 bridgehead atoms. The maximum atomic E-state index is 13.3. The van der Waals surface area contributed by atoms with E-state index in [1.165, 1.54) is 23.1 Å². The number of thioether (sulfide) groups is 1. The highest BCUT2D eigenvalue weighted by Gasteiger charge is 2.22. The summed E-state index contributed by atoms with van der Waals surface area (Å²) in [5.74, 6) is 0.966. The predicted molar refractivity (Wildman–Crippen MR) is 128 cm³/mol. The fourth-order valence-electron chi connectivity index (χ4n) is 2.97. The Kier molecular flexibility index (Phi) is 7.06. The van der Waals surface area contributed by atoms with Crippen LogP contribution in [0.5, 0.6) is 5.75 Å². The fraction of sp³-hybridized carbons (Fsp3) is 0.174. The van der Waals surface area contributed by atoms with Gasteiger partial charge in [-0.05, 0) is 55.5 Å². The van der Waals surface area contributed by atoms with Crippen LogP contribution in [0, 0.1) is 0 Å². The monoisotopic (exact) mass is 469 g/mol. The zero-order valence-corrected chi connectivity index (χ0v) is 19.2. The smallest absolute Gasteiger partial charge is 0.239 e. The van der Waals surface area contributed by atoms with Gasteiger partial charge in [-0.1, -0.05) is 35.1 Å². The van der Waals surface area contributed by atoms with Crippen LogP contribution in [0.25, 0.3) is 10.2 Å². The zero-order chi connectivity index (χ0) is 21.6. The second kappa shape index (κ2) is 10.1. The number of hydrogen-bond acceptors (Lipinski definition) is 6. The van der Waals surface area contributed by atoms with Gasteiger partial charge in [0.05, 0.1) is 29.3 Å². The van der Waals surface area contributed by atoms with E-state index in [0.29, 0.717) is 23.3 Å². The first-order chi connectivity index (χ1) is 15.1. The molecule has 0 saturated carbocycles. The summed E-state index contributed by atoms with van der Waals surface area (Å²) in [6, 6.07) is 19.0. The van der Waals surface area contributed by atoms with E-state index in [1.807, 2.05) is 67.6 Å². The minimum atomic E-state index is -0.0392. The zero-order valence-electron chi connectivity index (χ0n) is 16.8. The molecule has 0 radical (unpaired) electrons. The molecule has 1 amide bonds. The number of fused-ring (bicyclic) bond motifs is 1. The van der Waals surface area contributed by atoms with Crippen LogP contribution < -0.4 is 9.64 Å². The number of hydrogen-bond donors (Lipinski definition) is 0. The van der Waals surface area contributed by atoms with Crippen molar-refractivity contribution in [3.8, 4) is 5.75 Å².